The largest absolute Gasteiger partial charge is 0.476 e. The summed E-state index contributed by atoms with van der Waals surface area (Å²) in [6.45, 7) is 2.09. The summed E-state index contributed by atoms with van der Waals surface area (Å²) < 4.78 is 1.51. The fraction of sp³-hybridized carbons (Fsp3) is 0.294. The number of tetrazole rings is 1. The zero-order chi connectivity index (χ0) is 19.2. The molecule has 0 saturated carbocycles. The van der Waals surface area contributed by atoms with Gasteiger partial charge in [-0.05, 0) is 22.9 Å². The summed E-state index contributed by atoms with van der Waals surface area (Å²) >= 11 is 1.26. The van der Waals surface area contributed by atoms with Crippen molar-refractivity contribution in [1.82, 2.24) is 30.5 Å². The predicted molar refractivity (Wildman–Crippen MR) is 97.5 cm³/mol. The summed E-state index contributed by atoms with van der Waals surface area (Å²) in [6, 6.07) is 9.07. The van der Waals surface area contributed by atoms with Crippen LogP contribution in [-0.4, -0.2) is 48.7 Å². The molecule has 3 aromatic rings. The van der Waals surface area contributed by atoms with E-state index in [1.165, 1.54) is 21.4 Å². The first-order valence-electron chi connectivity index (χ1n) is 8.28. The monoisotopic (exact) mass is 386 g/mol. The number of hydrogen-bond acceptors (Lipinski definition) is 7. The molecule has 1 atom stereocenters. The molecule has 0 spiro atoms. The van der Waals surface area contributed by atoms with Crippen molar-refractivity contribution in [1.29, 1.82) is 0 Å². The lowest BCUT2D eigenvalue weighted by atomic mass is 10.1. The highest BCUT2D eigenvalue weighted by molar-refractivity contribution is 7.09. The number of nitrogens with zero attached hydrogens (tertiary/aromatic N) is 5. The number of carbonyl (C=O) groups is 2. The number of carboxylic acid groups (broad SMARTS) is 1. The molecule has 2 N–H and O–H groups in total. The second-order valence-electron chi connectivity index (χ2n) is 5.85. The van der Waals surface area contributed by atoms with E-state index in [-0.39, 0.29) is 11.6 Å². The average Bonchev–Trinajstić information content (AvgIpc) is 3.30. The van der Waals surface area contributed by atoms with Gasteiger partial charge in [-0.1, -0.05) is 30.3 Å². The van der Waals surface area contributed by atoms with E-state index >= 15 is 0 Å². The smallest absolute Gasteiger partial charge is 0.355 e. The van der Waals surface area contributed by atoms with Gasteiger partial charge in [0.25, 0.3) is 0 Å². The van der Waals surface area contributed by atoms with Crippen LogP contribution in [0.5, 0.6) is 0 Å². The average molecular weight is 386 g/mol. The number of aryl methyl sites for hydroxylation is 1. The molecule has 0 saturated heterocycles. The van der Waals surface area contributed by atoms with E-state index < -0.39 is 12.0 Å². The maximum absolute atomic E-state index is 12.8. The Morgan fingerprint density at radius 2 is 2.07 bits per heavy atom. The van der Waals surface area contributed by atoms with Gasteiger partial charge in [0.05, 0.1) is 5.01 Å². The quantitative estimate of drug-likeness (QED) is 0.598. The van der Waals surface area contributed by atoms with Crippen LogP contribution < -0.4 is 5.32 Å². The first kappa shape index (κ1) is 18.6. The minimum atomic E-state index is -1.06. The topological polar surface area (TPSA) is 123 Å². The molecule has 3 rings (SSSR count). The maximum Gasteiger partial charge on any atom is 0.355 e. The first-order chi connectivity index (χ1) is 13.0. The maximum atomic E-state index is 12.8. The number of aromatic carboxylic acids is 1. The van der Waals surface area contributed by atoms with Crippen LogP contribution in [0.3, 0.4) is 0 Å². The number of hydrogen-bond donors (Lipinski definition) is 2. The molecule has 0 radical (unpaired) electrons. The summed E-state index contributed by atoms with van der Waals surface area (Å²) in [6.07, 6.45) is 0.912. The highest BCUT2D eigenvalue weighted by Gasteiger charge is 2.24. The predicted octanol–water partition coefficient (Wildman–Crippen LogP) is 1.28. The second kappa shape index (κ2) is 8.49. The van der Waals surface area contributed by atoms with Gasteiger partial charge in [-0.15, -0.1) is 16.4 Å². The van der Waals surface area contributed by atoms with Gasteiger partial charge in [-0.25, -0.2) is 14.5 Å². The van der Waals surface area contributed by atoms with Crippen molar-refractivity contribution >= 4 is 23.2 Å². The Balaban J connectivity index is 1.65. The number of rotatable bonds is 8. The lowest BCUT2D eigenvalue weighted by molar-refractivity contribution is -0.124. The third-order valence-corrected chi connectivity index (χ3v) is 4.84. The summed E-state index contributed by atoms with van der Waals surface area (Å²) in [5, 5.41) is 25.4. The van der Waals surface area contributed by atoms with Crippen molar-refractivity contribution in [3.05, 3.63) is 57.8 Å². The number of amides is 1. The Kier molecular flexibility index (Phi) is 5.87. The van der Waals surface area contributed by atoms with E-state index in [0.29, 0.717) is 30.2 Å². The van der Waals surface area contributed by atoms with Crippen molar-refractivity contribution in [3.8, 4) is 0 Å². The SMILES string of the molecule is Cc1nnnn1C(Cc1ccccc1)C(=O)NCCc1nc(C(=O)O)cs1. The summed E-state index contributed by atoms with van der Waals surface area (Å²) in [5.74, 6) is -0.708. The van der Waals surface area contributed by atoms with Crippen LogP contribution in [0.25, 0.3) is 0 Å². The Morgan fingerprint density at radius 1 is 1.30 bits per heavy atom. The third kappa shape index (κ3) is 4.73. The number of carboxylic acids is 1. The van der Waals surface area contributed by atoms with Crippen LogP contribution in [-0.2, 0) is 17.6 Å². The van der Waals surface area contributed by atoms with Crippen molar-refractivity contribution < 1.29 is 14.7 Å². The molecule has 0 bridgehead atoms. The Morgan fingerprint density at radius 3 is 2.70 bits per heavy atom. The molecular formula is C17H18N6O3S. The van der Waals surface area contributed by atoms with E-state index in [0.717, 1.165) is 5.56 Å². The molecule has 1 unspecified atom stereocenters. The molecule has 0 aliphatic heterocycles. The van der Waals surface area contributed by atoms with Crippen LogP contribution in [0.15, 0.2) is 35.7 Å². The van der Waals surface area contributed by atoms with Crippen LogP contribution in [0, 0.1) is 6.92 Å². The van der Waals surface area contributed by atoms with E-state index in [9.17, 15) is 9.59 Å². The van der Waals surface area contributed by atoms with Gasteiger partial charge in [0, 0.05) is 24.8 Å². The van der Waals surface area contributed by atoms with Crippen molar-refractivity contribution in [2.45, 2.75) is 25.8 Å². The van der Waals surface area contributed by atoms with Crippen molar-refractivity contribution in [2.24, 2.45) is 0 Å². The zero-order valence-electron chi connectivity index (χ0n) is 14.6. The Labute approximate surface area is 159 Å². The van der Waals surface area contributed by atoms with Gasteiger partial charge >= 0.3 is 5.97 Å². The number of carbonyl (C=O) groups excluding carboxylic acids is 1. The van der Waals surface area contributed by atoms with Crippen molar-refractivity contribution in [2.75, 3.05) is 6.54 Å². The molecule has 9 nitrogen and oxygen atoms in total. The van der Waals surface area contributed by atoms with Crippen LogP contribution in [0.2, 0.25) is 0 Å². The van der Waals surface area contributed by atoms with Gasteiger partial charge < -0.3 is 10.4 Å². The molecular weight excluding hydrogens is 368 g/mol. The van der Waals surface area contributed by atoms with Crippen LogP contribution >= 0.6 is 11.3 Å². The van der Waals surface area contributed by atoms with Gasteiger partial charge in [0.1, 0.15) is 11.9 Å². The summed E-state index contributed by atoms with van der Waals surface area (Å²) in [7, 11) is 0. The number of thiazole rings is 1. The minimum absolute atomic E-state index is 0.0209. The lowest BCUT2D eigenvalue weighted by Gasteiger charge is -2.17. The number of benzene rings is 1. The molecule has 2 aromatic heterocycles. The van der Waals surface area contributed by atoms with E-state index in [4.69, 9.17) is 5.11 Å². The van der Waals surface area contributed by atoms with Crippen LogP contribution in [0.4, 0.5) is 0 Å². The lowest BCUT2D eigenvalue weighted by Crippen LogP contribution is -2.36. The zero-order valence-corrected chi connectivity index (χ0v) is 15.4. The second-order valence-corrected chi connectivity index (χ2v) is 6.79. The van der Waals surface area contributed by atoms with Crippen LogP contribution in [0.1, 0.15) is 32.9 Å². The Bertz CT molecular complexity index is 924. The molecule has 0 aliphatic rings. The molecule has 27 heavy (non-hydrogen) atoms. The Hall–Kier alpha value is -3.14. The molecule has 2 heterocycles. The summed E-state index contributed by atoms with van der Waals surface area (Å²) in [5.41, 5.74) is 1.02. The van der Waals surface area contributed by atoms with E-state index in [1.807, 2.05) is 30.3 Å². The van der Waals surface area contributed by atoms with E-state index in [2.05, 4.69) is 25.8 Å². The normalized spacial score (nSPS) is 11.9. The molecule has 1 amide bonds. The number of nitrogens with one attached hydrogen (secondary N) is 1. The molecule has 0 aliphatic carbocycles. The molecule has 0 fully saturated rings. The first-order valence-corrected chi connectivity index (χ1v) is 9.16. The van der Waals surface area contributed by atoms with Gasteiger partial charge in [-0.3, -0.25) is 4.79 Å². The van der Waals surface area contributed by atoms with Gasteiger partial charge in [0.2, 0.25) is 5.91 Å². The third-order valence-electron chi connectivity index (χ3n) is 3.94. The highest BCUT2D eigenvalue weighted by Crippen LogP contribution is 2.15. The standard InChI is InChI=1S/C17H18N6O3S/c1-11-20-21-22-23(11)14(9-12-5-3-2-4-6-12)16(24)18-8-7-15-19-13(10-27-15)17(25)26/h2-6,10,14H,7-9H2,1H3,(H,18,24)(H,25,26). The summed E-state index contributed by atoms with van der Waals surface area (Å²) in [4.78, 5) is 27.7. The van der Waals surface area contributed by atoms with Gasteiger partial charge in [0.15, 0.2) is 5.69 Å². The van der Waals surface area contributed by atoms with E-state index in [1.54, 1.807) is 6.92 Å². The fourth-order valence-electron chi connectivity index (χ4n) is 2.59. The number of aromatic nitrogens is 5. The molecule has 140 valence electrons. The highest BCUT2D eigenvalue weighted by atomic mass is 32.1. The van der Waals surface area contributed by atoms with Gasteiger partial charge in [-0.2, -0.15) is 0 Å². The van der Waals surface area contributed by atoms with Crippen molar-refractivity contribution in [3.63, 3.8) is 0 Å². The molecule has 10 heteroatoms. The minimum Gasteiger partial charge on any atom is -0.476 e. The fourth-order valence-corrected chi connectivity index (χ4v) is 3.36. The molecule has 1 aromatic carbocycles.